The summed E-state index contributed by atoms with van der Waals surface area (Å²) in [5.74, 6) is -0.728. The largest absolute Gasteiger partial charge is 0.481 e. The van der Waals surface area contributed by atoms with Crippen molar-refractivity contribution in [3.05, 3.63) is 35.9 Å². The summed E-state index contributed by atoms with van der Waals surface area (Å²) >= 11 is 0. The first-order valence-corrected chi connectivity index (χ1v) is 6.40. The number of hydrogen-bond donors (Lipinski definition) is 2. The van der Waals surface area contributed by atoms with Crippen molar-refractivity contribution in [2.24, 2.45) is 0 Å². The van der Waals surface area contributed by atoms with Crippen LogP contribution in [0.1, 0.15) is 18.9 Å². The lowest BCUT2D eigenvalue weighted by Gasteiger charge is -2.40. The molecule has 1 saturated heterocycles. The second-order valence-corrected chi connectivity index (χ2v) is 4.86. The molecule has 0 spiro atoms. The highest BCUT2D eigenvalue weighted by molar-refractivity contribution is 5.67. The number of carbonyl (C=O) groups is 1. The van der Waals surface area contributed by atoms with Crippen molar-refractivity contribution >= 4 is 5.97 Å². The summed E-state index contributed by atoms with van der Waals surface area (Å²) in [5.41, 5.74) is 1.24. The van der Waals surface area contributed by atoms with E-state index in [0.717, 1.165) is 19.6 Å². The van der Waals surface area contributed by atoms with Gasteiger partial charge in [0.15, 0.2) is 0 Å². The van der Waals surface area contributed by atoms with Crippen LogP contribution in [0.3, 0.4) is 0 Å². The van der Waals surface area contributed by atoms with E-state index >= 15 is 0 Å². The van der Waals surface area contributed by atoms with Gasteiger partial charge in [0.05, 0.1) is 6.42 Å². The fourth-order valence-corrected chi connectivity index (χ4v) is 2.55. The molecule has 2 rings (SSSR count). The van der Waals surface area contributed by atoms with E-state index in [1.54, 1.807) is 0 Å². The minimum absolute atomic E-state index is 0.0662. The van der Waals surface area contributed by atoms with Crippen LogP contribution in [0.2, 0.25) is 0 Å². The zero-order valence-electron chi connectivity index (χ0n) is 10.7. The Balaban J connectivity index is 2.06. The van der Waals surface area contributed by atoms with Gasteiger partial charge in [0, 0.05) is 31.7 Å². The van der Waals surface area contributed by atoms with E-state index in [1.165, 1.54) is 5.56 Å². The van der Waals surface area contributed by atoms with Crippen LogP contribution < -0.4 is 5.32 Å². The van der Waals surface area contributed by atoms with E-state index < -0.39 is 5.97 Å². The molecule has 0 aliphatic carbocycles. The zero-order chi connectivity index (χ0) is 13.0. The van der Waals surface area contributed by atoms with Gasteiger partial charge in [0.25, 0.3) is 0 Å². The van der Waals surface area contributed by atoms with Crippen LogP contribution in [0, 0.1) is 0 Å². The molecule has 0 bridgehead atoms. The van der Waals surface area contributed by atoms with Gasteiger partial charge in [0.1, 0.15) is 0 Å². The van der Waals surface area contributed by atoms with Gasteiger partial charge in [-0.25, -0.2) is 0 Å². The number of aliphatic carboxylic acids is 1. The Labute approximate surface area is 108 Å². The Morgan fingerprint density at radius 2 is 2.17 bits per heavy atom. The Morgan fingerprint density at radius 3 is 2.83 bits per heavy atom. The SMILES string of the molecule is C[C@@H]1NCCN(Cc2ccccc2)[C@@H]1CC(=O)O. The summed E-state index contributed by atoms with van der Waals surface area (Å²) in [6, 6.07) is 10.5. The van der Waals surface area contributed by atoms with Gasteiger partial charge >= 0.3 is 5.97 Å². The summed E-state index contributed by atoms with van der Waals surface area (Å²) < 4.78 is 0. The molecule has 1 aliphatic rings. The first kappa shape index (κ1) is 13.1. The van der Waals surface area contributed by atoms with Gasteiger partial charge in [-0.2, -0.15) is 0 Å². The van der Waals surface area contributed by atoms with Crippen molar-refractivity contribution in [1.82, 2.24) is 10.2 Å². The highest BCUT2D eigenvalue weighted by atomic mass is 16.4. The molecular weight excluding hydrogens is 228 g/mol. The molecule has 1 heterocycles. The summed E-state index contributed by atoms with van der Waals surface area (Å²) in [4.78, 5) is 13.2. The molecule has 1 aliphatic heterocycles. The number of carboxylic acid groups (broad SMARTS) is 1. The van der Waals surface area contributed by atoms with Crippen molar-refractivity contribution in [3.8, 4) is 0 Å². The normalized spacial score (nSPS) is 24.9. The molecule has 2 N–H and O–H groups in total. The van der Waals surface area contributed by atoms with Gasteiger partial charge in [-0.1, -0.05) is 30.3 Å². The van der Waals surface area contributed by atoms with Crippen molar-refractivity contribution in [2.45, 2.75) is 32.0 Å². The minimum atomic E-state index is -0.728. The molecule has 0 saturated carbocycles. The van der Waals surface area contributed by atoms with E-state index in [1.807, 2.05) is 18.2 Å². The molecule has 0 radical (unpaired) electrons. The van der Waals surface area contributed by atoms with Gasteiger partial charge in [-0.3, -0.25) is 9.69 Å². The Morgan fingerprint density at radius 1 is 1.44 bits per heavy atom. The number of nitrogens with zero attached hydrogens (tertiary/aromatic N) is 1. The lowest BCUT2D eigenvalue weighted by molar-refractivity contribution is -0.139. The van der Waals surface area contributed by atoms with E-state index in [4.69, 9.17) is 5.11 Å². The fourth-order valence-electron chi connectivity index (χ4n) is 2.55. The van der Waals surface area contributed by atoms with Crippen LogP contribution >= 0.6 is 0 Å². The lowest BCUT2D eigenvalue weighted by Crippen LogP contribution is -2.56. The topological polar surface area (TPSA) is 52.6 Å². The first-order valence-electron chi connectivity index (χ1n) is 6.40. The van der Waals surface area contributed by atoms with E-state index in [-0.39, 0.29) is 18.5 Å². The molecule has 18 heavy (non-hydrogen) atoms. The molecule has 2 atom stereocenters. The maximum absolute atomic E-state index is 11.0. The highest BCUT2D eigenvalue weighted by Crippen LogP contribution is 2.16. The van der Waals surface area contributed by atoms with Gasteiger partial charge in [0.2, 0.25) is 0 Å². The van der Waals surface area contributed by atoms with Gasteiger partial charge in [-0.15, -0.1) is 0 Å². The lowest BCUT2D eigenvalue weighted by atomic mass is 10.0. The summed E-state index contributed by atoms with van der Waals surface area (Å²) in [6.45, 7) is 4.71. The van der Waals surface area contributed by atoms with E-state index in [9.17, 15) is 4.79 Å². The van der Waals surface area contributed by atoms with Crippen molar-refractivity contribution in [3.63, 3.8) is 0 Å². The molecule has 1 fully saturated rings. The van der Waals surface area contributed by atoms with Crippen LogP contribution in [0.4, 0.5) is 0 Å². The second-order valence-electron chi connectivity index (χ2n) is 4.86. The number of piperazine rings is 1. The quantitative estimate of drug-likeness (QED) is 0.844. The average molecular weight is 248 g/mol. The number of hydrogen-bond acceptors (Lipinski definition) is 3. The third-order valence-electron chi connectivity index (χ3n) is 3.52. The van der Waals surface area contributed by atoms with Crippen LogP contribution in [0.15, 0.2) is 30.3 Å². The Bertz CT molecular complexity index is 394. The third kappa shape index (κ3) is 3.31. The monoisotopic (exact) mass is 248 g/mol. The van der Waals surface area contributed by atoms with Gasteiger partial charge in [-0.05, 0) is 12.5 Å². The van der Waals surface area contributed by atoms with Crippen LogP contribution in [0.25, 0.3) is 0 Å². The Hall–Kier alpha value is -1.39. The average Bonchev–Trinajstić information content (AvgIpc) is 2.34. The number of carboxylic acids is 1. The van der Waals surface area contributed by atoms with E-state index in [2.05, 4.69) is 29.3 Å². The highest BCUT2D eigenvalue weighted by Gasteiger charge is 2.29. The number of benzene rings is 1. The molecule has 4 heteroatoms. The molecule has 0 aromatic heterocycles. The maximum Gasteiger partial charge on any atom is 0.304 e. The smallest absolute Gasteiger partial charge is 0.304 e. The molecule has 4 nitrogen and oxygen atoms in total. The van der Waals surface area contributed by atoms with Crippen molar-refractivity contribution in [2.75, 3.05) is 13.1 Å². The predicted octanol–water partition coefficient (Wildman–Crippen LogP) is 1.32. The molecular formula is C14H20N2O2. The van der Waals surface area contributed by atoms with Crippen molar-refractivity contribution < 1.29 is 9.90 Å². The number of nitrogens with one attached hydrogen (secondary N) is 1. The molecule has 0 amide bonds. The summed E-state index contributed by atoms with van der Waals surface area (Å²) in [5, 5.41) is 12.4. The molecule has 0 unspecified atom stereocenters. The fraction of sp³-hybridized carbons (Fsp3) is 0.500. The maximum atomic E-state index is 11.0. The van der Waals surface area contributed by atoms with Crippen LogP contribution in [0.5, 0.6) is 0 Å². The molecule has 98 valence electrons. The number of rotatable bonds is 4. The van der Waals surface area contributed by atoms with Crippen LogP contribution in [-0.2, 0) is 11.3 Å². The Kier molecular flexibility index (Phi) is 4.33. The summed E-state index contributed by atoms with van der Waals surface area (Å²) in [7, 11) is 0. The van der Waals surface area contributed by atoms with Crippen LogP contribution in [-0.4, -0.2) is 41.1 Å². The predicted molar refractivity (Wildman–Crippen MR) is 70.4 cm³/mol. The minimum Gasteiger partial charge on any atom is -0.481 e. The standard InChI is InChI=1S/C14H20N2O2/c1-11-13(9-14(17)18)16(8-7-15-11)10-12-5-3-2-4-6-12/h2-6,11,13,15H,7-10H2,1H3,(H,17,18)/t11-,13+/m0/s1. The second kappa shape index (κ2) is 5.98. The third-order valence-corrected chi connectivity index (χ3v) is 3.52. The van der Waals surface area contributed by atoms with Crippen molar-refractivity contribution in [1.29, 1.82) is 0 Å². The molecule has 1 aromatic carbocycles. The van der Waals surface area contributed by atoms with Gasteiger partial charge < -0.3 is 10.4 Å². The summed E-state index contributed by atoms with van der Waals surface area (Å²) in [6.07, 6.45) is 0.195. The van der Waals surface area contributed by atoms with E-state index in [0.29, 0.717) is 0 Å². The molecule has 1 aromatic rings. The first-order chi connectivity index (χ1) is 8.66. The zero-order valence-corrected chi connectivity index (χ0v) is 10.7.